The Morgan fingerprint density at radius 3 is 2.78 bits per heavy atom. The normalized spacial score (nSPS) is 22.9. The minimum atomic E-state index is 0.307. The summed E-state index contributed by atoms with van der Waals surface area (Å²) in [5, 5.41) is 0. The van der Waals surface area contributed by atoms with Crippen LogP contribution in [0, 0.1) is 0 Å². The van der Waals surface area contributed by atoms with Crippen molar-refractivity contribution in [1.29, 1.82) is 0 Å². The molecule has 2 unspecified atom stereocenters. The summed E-state index contributed by atoms with van der Waals surface area (Å²) >= 11 is 0. The Balaban J connectivity index is 1.78. The quantitative estimate of drug-likeness (QED) is 0.865. The second-order valence-corrected chi connectivity index (χ2v) is 5.55. The van der Waals surface area contributed by atoms with E-state index in [0.29, 0.717) is 12.1 Å². The first-order valence-electron chi connectivity index (χ1n) is 7.31. The zero-order valence-electron chi connectivity index (χ0n) is 11.5. The largest absolute Gasteiger partial charge is 0.327 e. The molecule has 1 heterocycles. The standard InChI is InChI=1S/C16H26N2/c1-14(17)16-11-5-6-12-18(16)13-7-10-15-8-3-2-4-9-15/h2-4,8-9,14,16H,5-7,10-13,17H2,1H3. The van der Waals surface area contributed by atoms with Crippen LogP contribution in [0.1, 0.15) is 38.2 Å². The topological polar surface area (TPSA) is 29.3 Å². The number of nitrogens with zero attached hydrogens (tertiary/aromatic N) is 1. The van der Waals surface area contributed by atoms with Crippen LogP contribution >= 0.6 is 0 Å². The Labute approximate surface area is 111 Å². The lowest BCUT2D eigenvalue weighted by Crippen LogP contribution is -2.49. The summed E-state index contributed by atoms with van der Waals surface area (Å²) in [4.78, 5) is 2.61. The number of aryl methyl sites for hydroxylation is 1. The lowest BCUT2D eigenvalue weighted by molar-refractivity contribution is 0.129. The molecule has 0 radical (unpaired) electrons. The van der Waals surface area contributed by atoms with Gasteiger partial charge in [0, 0.05) is 12.1 Å². The number of piperidine rings is 1. The molecule has 0 bridgehead atoms. The van der Waals surface area contributed by atoms with Crippen LogP contribution in [0.2, 0.25) is 0 Å². The lowest BCUT2D eigenvalue weighted by Gasteiger charge is -2.38. The van der Waals surface area contributed by atoms with Gasteiger partial charge in [-0.05, 0) is 51.3 Å². The molecule has 2 atom stereocenters. The number of hydrogen-bond acceptors (Lipinski definition) is 2. The fourth-order valence-corrected chi connectivity index (χ4v) is 3.02. The molecule has 1 aromatic rings. The third kappa shape index (κ3) is 3.82. The third-order valence-electron chi connectivity index (χ3n) is 4.02. The van der Waals surface area contributed by atoms with Crippen LogP contribution in [0.3, 0.4) is 0 Å². The first kappa shape index (κ1) is 13.6. The highest BCUT2D eigenvalue weighted by Gasteiger charge is 2.24. The molecule has 1 fully saturated rings. The molecule has 2 nitrogen and oxygen atoms in total. The van der Waals surface area contributed by atoms with E-state index in [0.717, 1.165) is 0 Å². The summed E-state index contributed by atoms with van der Waals surface area (Å²) in [5.41, 5.74) is 7.55. The molecule has 1 aromatic carbocycles. The molecule has 2 rings (SSSR count). The van der Waals surface area contributed by atoms with Crippen LogP contribution in [-0.2, 0) is 6.42 Å². The monoisotopic (exact) mass is 246 g/mol. The van der Waals surface area contributed by atoms with E-state index in [1.54, 1.807) is 0 Å². The Morgan fingerprint density at radius 2 is 2.06 bits per heavy atom. The molecule has 0 aliphatic carbocycles. The minimum absolute atomic E-state index is 0.307. The number of rotatable bonds is 5. The Bertz CT molecular complexity index is 334. The maximum Gasteiger partial charge on any atom is 0.0244 e. The van der Waals surface area contributed by atoms with E-state index in [1.807, 2.05) is 0 Å². The predicted octanol–water partition coefficient (Wildman–Crippen LogP) is 2.82. The predicted molar refractivity (Wildman–Crippen MR) is 77.6 cm³/mol. The van der Waals surface area contributed by atoms with Gasteiger partial charge in [0.1, 0.15) is 0 Å². The van der Waals surface area contributed by atoms with Crippen molar-refractivity contribution in [2.24, 2.45) is 5.73 Å². The number of benzene rings is 1. The fourth-order valence-electron chi connectivity index (χ4n) is 3.02. The van der Waals surface area contributed by atoms with Crippen LogP contribution < -0.4 is 5.73 Å². The van der Waals surface area contributed by atoms with Crippen molar-refractivity contribution < 1.29 is 0 Å². The molecule has 0 aromatic heterocycles. The molecular weight excluding hydrogens is 220 g/mol. The molecule has 0 spiro atoms. The van der Waals surface area contributed by atoms with Crippen molar-refractivity contribution in [3.8, 4) is 0 Å². The first-order chi connectivity index (χ1) is 8.77. The van der Waals surface area contributed by atoms with Crippen molar-refractivity contribution in [2.75, 3.05) is 13.1 Å². The van der Waals surface area contributed by atoms with Gasteiger partial charge >= 0.3 is 0 Å². The maximum atomic E-state index is 6.10. The molecule has 100 valence electrons. The minimum Gasteiger partial charge on any atom is -0.327 e. The van der Waals surface area contributed by atoms with Crippen molar-refractivity contribution in [2.45, 2.75) is 51.1 Å². The summed E-state index contributed by atoms with van der Waals surface area (Å²) in [6.45, 7) is 4.59. The zero-order valence-corrected chi connectivity index (χ0v) is 11.5. The van der Waals surface area contributed by atoms with Crippen LogP contribution in [0.4, 0.5) is 0 Å². The maximum absolute atomic E-state index is 6.10. The van der Waals surface area contributed by atoms with Crippen molar-refractivity contribution in [1.82, 2.24) is 4.90 Å². The Kier molecular flexibility index (Phi) is 5.21. The van der Waals surface area contributed by atoms with E-state index < -0.39 is 0 Å². The van der Waals surface area contributed by atoms with Crippen molar-refractivity contribution >= 4 is 0 Å². The van der Waals surface area contributed by atoms with Crippen LogP contribution in [0.15, 0.2) is 30.3 Å². The van der Waals surface area contributed by atoms with Gasteiger partial charge in [-0.15, -0.1) is 0 Å². The van der Waals surface area contributed by atoms with Gasteiger partial charge in [-0.3, -0.25) is 4.90 Å². The fraction of sp³-hybridized carbons (Fsp3) is 0.625. The average Bonchev–Trinajstić information content (AvgIpc) is 2.40. The lowest BCUT2D eigenvalue weighted by atomic mass is 9.96. The molecule has 0 saturated carbocycles. The summed E-state index contributed by atoms with van der Waals surface area (Å²) < 4.78 is 0. The van der Waals surface area contributed by atoms with E-state index in [1.165, 1.54) is 50.8 Å². The molecule has 2 N–H and O–H groups in total. The van der Waals surface area contributed by atoms with E-state index in [9.17, 15) is 0 Å². The molecule has 0 amide bonds. The molecule has 1 aliphatic heterocycles. The molecule has 1 aliphatic rings. The second kappa shape index (κ2) is 6.91. The van der Waals surface area contributed by atoms with Gasteiger partial charge < -0.3 is 5.73 Å². The summed E-state index contributed by atoms with van der Waals surface area (Å²) in [6, 6.07) is 11.7. The zero-order chi connectivity index (χ0) is 12.8. The van der Waals surface area contributed by atoms with Gasteiger partial charge in [0.25, 0.3) is 0 Å². The highest BCUT2D eigenvalue weighted by atomic mass is 15.2. The molecule has 18 heavy (non-hydrogen) atoms. The van der Waals surface area contributed by atoms with E-state index in [4.69, 9.17) is 5.73 Å². The summed E-state index contributed by atoms with van der Waals surface area (Å²) in [5.74, 6) is 0. The smallest absolute Gasteiger partial charge is 0.0244 e. The third-order valence-corrected chi connectivity index (χ3v) is 4.02. The summed E-state index contributed by atoms with van der Waals surface area (Å²) in [6.07, 6.45) is 6.40. The van der Waals surface area contributed by atoms with E-state index in [-0.39, 0.29) is 0 Å². The number of likely N-dealkylation sites (tertiary alicyclic amines) is 1. The second-order valence-electron chi connectivity index (χ2n) is 5.55. The van der Waals surface area contributed by atoms with Crippen LogP contribution in [-0.4, -0.2) is 30.1 Å². The number of hydrogen-bond donors (Lipinski definition) is 1. The van der Waals surface area contributed by atoms with Gasteiger partial charge in [0.05, 0.1) is 0 Å². The van der Waals surface area contributed by atoms with Crippen molar-refractivity contribution in [3.63, 3.8) is 0 Å². The number of nitrogens with two attached hydrogens (primary N) is 1. The average molecular weight is 246 g/mol. The van der Waals surface area contributed by atoms with Crippen LogP contribution in [0.5, 0.6) is 0 Å². The molecule has 1 saturated heterocycles. The highest BCUT2D eigenvalue weighted by molar-refractivity contribution is 5.14. The van der Waals surface area contributed by atoms with Gasteiger partial charge in [0.2, 0.25) is 0 Å². The molecule has 2 heteroatoms. The van der Waals surface area contributed by atoms with Gasteiger partial charge in [-0.2, -0.15) is 0 Å². The Hall–Kier alpha value is -0.860. The van der Waals surface area contributed by atoms with Gasteiger partial charge in [-0.25, -0.2) is 0 Å². The van der Waals surface area contributed by atoms with E-state index in [2.05, 4.69) is 42.2 Å². The van der Waals surface area contributed by atoms with Gasteiger partial charge in [0.15, 0.2) is 0 Å². The first-order valence-corrected chi connectivity index (χ1v) is 7.31. The summed E-state index contributed by atoms with van der Waals surface area (Å²) in [7, 11) is 0. The SMILES string of the molecule is CC(N)C1CCCCN1CCCc1ccccc1. The Morgan fingerprint density at radius 1 is 1.28 bits per heavy atom. The van der Waals surface area contributed by atoms with Gasteiger partial charge in [-0.1, -0.05) is 36.8 Å². The van der Waals surface area contributed by atoms with E-state index >= 15 is 0 Å². The molecular formula is C16H26N2. The van der Waals surface area contributed by atoms with Crippen molar-refractivity contribution in [3.05, 3.63) is 35.9 Å². The van der Waals surface area contributed by atoms with Crippen LogP contribution in [0.25, 0.3) is 0 Å². The highest BCUT2D eigenvalue weighted by Crippen LogP contribution is 2.19.